The van der Waals surface area contributed by atoms with Gasteiger partial charge in [0.2, 0.25) is 5.76 Å². The van der Waals surface area contributed by atoms with Gasteiger partial charge in [0.05, 0.1) is 72.2 Å². The van der Waals surface area contributed by atoms with Crippen molar-refractivity contribution in [2.75, 3.05) is 80.0 Å². The number of carbonyl (C=O) groups is 1. The van der Waals surface area contributed by atoms with Crippen LogP contribution in [0.2, 0.25) is 0 Å². The first kappa shape index (κ1) is 22.2. The van der Waals surface area contributed by atoms with Gasteiger partial charge in [-0.3, -0.25) is 0 Å². The zero-order valence-corrected chi connectivity index (χ0v) is 18.7. The number of esters is 1. The Bertz CT molecular complexity index is 693. The summed E-state index contributed by atoms with van der Waals surface area (Å²) in [7, 11) is 1.76. The largest absolute Gasteiger partial charge is 0.460 e. The predicted octanol–water partition coefficient (Wildman–Crippen LogP) is 1.44. The fourth-order valence-corrected chi connectivity index (χ4v) is 7.29. The van der Waals surface area contributed by atoms with Crippen molar-refractivity contribution in [2.24, 2.45) is 4.99 Å². The average Bonchev–Trinajstić information content (AvgIpc) is 3.18. The van der Waals surface area contributed by atoms with Crippen molar-refractivity contribution in [1.29, 1.82) is 0 Å². The molecule has 10 heteroatoms. The van der Waals surface area contributed by atoms with Crippen molar-refractivity contribution in [3.05, 3.63) is 11.8 Å². The summed E-state index contributed by atoms with van der Waals surface area (Å²) >= 11 is 0. The fourth-order valence-electron chi connectivity index (χ4n) is 3.61. The maximum atomic E-state index is 12.4. The van der Waals surface area contributed by atoms with Crippen molar-refractivity contribution < 1.29 is 23.4 Å². The number of hydrogen-bond acceptors (Lipinski definition) is 8. The van der Waals surface area contributed by atoms with Gasteiger partial charge in [-0.15, -0.1) is 0 Å². The molecule has 1 aromatic heterocycles. The number of nitrogens with zero attached hydrogens (tertiary/aromatic N) is 4. The molecule has 162 valence electrons. The molecule has 0 radical (unpaired) electrons. The van der Waals surface area contributed by atoms with E-state index in [2.05, 4.69) is 21.0 Å². The highest BCUT2D eigenvalue weighted by Gasteiger charge is 2.52. The molecule has 9 nitrogen and oxygen atoms in total. The molecule has 2 aliphatic rings. The van der Waals surface area contributed by atoms with E-state index in [0.29, 0.717) is 38.9 Å². The number of hydrogen-bond donors (Lipinski definition) is 0. The standard InChI is InChI=1S/C19H32N4O5P/c1-5-27-19(24)16-14-17(18(28-16)20-15-21(2)3)29(4,22-6-10-25-11-7-22)23-8-12-26-13-9-23/h14-15H,5-13H2,1-4H3/q+1. The van der Waals surface area contributed by atoms with Crippen molar-refractivity contribution >= 4 is 31.1 Å². The molecule has 2 saturated heterocycles. The van der Waals surface area contributed by atoms with E-state index in [1.807, 2.05) is 25.1 Å². The summed E-state index contributed by atoms with van der Waals surface area (Å²) in [6, 6.07) is 1.83. The predicted molar refractivity (Wildman–Crippen MR) is 114 cm³/mol. The van der Waals surface area contributed by atoms with Crippen LogP contribution in [0.4, 0.5) is 5.88 Å². The van der Waals surface area contributed by atoms with Crippen LogP contribution in [-0.2, 0) is 14.2 Å². The molecule has 29 heavy (non-hydrogen) atoms. The maximum Gasteiger partial charge on any atom is 0.374 e. The molecule has 1 aromatic rings. The van der Waals surface area contributed by atoms with E-state index in [1.165, 1.54) is 0 Å². The van der Waals surface area contributed by atoms with Crippen molar-refractivity contribution in [3.8, 4) is 0 Å². The molecule has 2 fully saturated rings. The Morgan fingerprint density at radius 1 is 1.17 bits per heavy atom. The van der Waals surface area contributed by atoms with Crippen LogP contribution in [0.1, 0.15) is 17.5 Å². The lowest BCUT2D eigenvalue weighted by molar-refractivity contribution is 0.0491. The number of carbonyl (C=O) groups excluding carboxylic acids is 1. The molecule has 0 aromatic carbocycles. The molecule has 0 saturated carbocycles. The van der Waals surface area contributed by atoms with Gasteiger partial charge in [-0.05, 0) is 6.92 Å². The van der Waals surface area contributed by atoms with Gasteiger partial charge in [-0.25, -0.2) is 9.79 Å². The molecule has 2 aliphatic heterocycles. The Labute approximate surface area is 173 Å². The average molecular weight is 427 g/mol. The minimum atomic E-state index is -2.04. The molecule has 0 amide bonds. The highest BCUT2D eigenvalue weighted by atomic mass is 31.2. The van der Waals surface area contributed by atoms with Gasteiger partial charge in [0, 0.05) is 20.2 Å². The summed E-state index contributed by atoms with van der Waals surface area (Å²) < 4.78 is 27.3. The minimum Gasteiger partial charge on any atom is -0.460 e. The number of rotatable bonds is 7. The van der Waals surface area contributed by atoms with Gasteiger partial charge in [-0.2, -0.15) is 9.34 Å². The van der Waals surface area contributed by atoms with Crippen LogP contribution < -0.4 is 5.30 Å². The van der Waals surface area contributed by atoms with Crippen LogP contribution in [0.5, 0.6) is 0 Å². The molecular weight excluding hydrogens is 395 g/mol. The molecule has 0 spiro atoms. The maximum absolute atomic E-state index is 12.4. The van der Waals surface area contributed by atoms with Gasteiger partial charge in [0.15, 0.2) is 12.9 Å². The Balaban J connectivity index is 2.07. The molecule has 0 bridgehead atoms. The molecule has 0 aliphatic carbocycles. The molecule has 3 heterocycles. The Morgan fingerprint density at radius 3 is 2.21 bits per heavy atom. The highest BCUT2D eigenvalue weighted by molar-refractivity contribution is 7.78. The van der Waals surface area contributed by atoms with Crippen molar-refractivity contribution in [1.82, 2.24) is 14.2 Å². The number of morpholine rings is 2. The normalized spacial score (nSPS) is 19.6. The van der Waals surface area contributed by atoms with E-state index in [4.69, 9.17) is 18.6 Å². The quantitative estimate of drug-likeness (QED) is 0.280. The van der Waals surface area contributed by atoms with Crippen molar-refractivity contribution in [2.45, 2.75) is 6.92 Å². The monoisotopic (exact) mass is 427 g/mol. The van der Waals surface area contributed by atoms with Gasteiger partial charge in [-0.1, -0.05) is 0 Å². The zero-order chi connectivity index (χ0) is 20.9. The first-order valence-corrected chi connectivity index (χ1v) is 12.2. The van der Waals surface area contributed by atoms with Crippen LogP contribution in [-0.4, -0.2) is 107 Å². The molecule has 0 atom stereocenters. The van der Waals surface area contributed by atoms with E-state index < -0.39 is 13.5 Å². The van der Waals surface area contributed by atoms with Gasteiger partial charge in [0.1, 0.15) is 0 Å². The smallest absolute Gasteiger partial charge is 0.374 e. The third-order valence-corrected chi connectivity index (χ3v) is 9.35. The summed E-state index contributed by atoms with van der Waals surface area (Å²) in [6.45, 7) is 10.5. The van der Waals surface area contributed by atoms with E-state index in [-0.39, 0.29) is 5.76 Å². The van der Waals surface area contributed by atoms with E-state index in [0.717, 1.165) is 31.5 Å². The SMILES string of the molecule is CCOC(=O)c1cc([P+](C)(N2CCOCC2)N2CCOCC2)c(N=CN(C)C)o1. The summed E-state index contributed by atoms with van der Waals surface area (Å²) in [4.78, 5) is 18.8. The molecular formula is C19H32N4O5P+. The second kappa shape index (κ2) is 10.00. The summed E-state index contributed by atoms with van der Waals surface area (Å²) in [5, 5.41) is 0.961. The molecule has 0 unspecified atom stereocenters. The van der Waals surface area contributed by atoms with Crippen molar-refractivity contribution in [3.63, 3.8) is 0 Å². The lowest BCUT2D eigenvalue weighted by Gasteiger charge is -2.42. The zero-order valence-electron chi connectivity index (χ0n) is 17.8. The third-order valence-electron chi connectivity index (χ3n) is 5.11. The lowest BCUT2D eigenvalue weighted by atomic mass is 10.4. The summed E-state index contributed by atoms with van der Waals surface area (Å²) in [5.74, 6) is 0.201. The molecule has 0 N–H and O–H groups in total. The summed E-state index contributed by atoms with van der Waals surface area (Å²) in [5.41, 5.74) is 0. The Hall–Kier alpha value is -1.51. The van der Waals surface area contributed by atoms with Gasteiger partial charge < -0.3 is 23.5 Å². The number of furan rings is 1. The van der Waals surface area contributed by atoms with E-state index in [9.17, 15) is 4.79 Å². The third kappa shape index (κ3) is 4.98. The van der Waals surface area contributed by atoms with Crippen LogP contribution in [0.25, 0.3) is 0 Å². The highest BCUT2D eigenvalue weighted by Crippen LogP contribution is 2.62. The first-order chi connectivity index (χ1) is 14.0. The van der Waals surface area contributed by atoms with Crippen LogP contribution in [0.3, 0.4) is 0 Å². The topological polar surface area (TPSA) is 80.0 Å². The van der Waals surface area contributed by atoms with E-state index >= 15 is 0 Å². The number of aliphatic imine (C=N–C) groups is 1. The van der Waals surface area contributed by atoms with E-state index in [1.54, 1.807) is 13.3 Å². The Kier molecular flexibility index (Phi) is 7.65. The fraction of sp³-hybridized carbons (Fsp3) is 0.684. The molecule has 3 rings (SSSR count). The minimum absolute atomic E-state index is 0.195. The Morgan fingerprint density at radius 2 is 1.72 bits per heavy atom. The second-order valence-electron chi connectivity index (χ2n) is 7.27. The lowest BCUT2D eigenvalue weighted by Crippen LogP contribution is -2.49. The van der Waals surface area contributed by atoms with Crippen LogP contribution >= 0.6 is 7.56 Å². The second-order valence-corrected chi connectivity index (χ2v) is 10.7. The summed E-state index contributed by atoms with van der Waals surface area (Å²) in [6.07, 6.45) is 1.69. The van der Waals surface area contributed by atoms with Gasteiger partial charge >= 0.3 is 5.97 Å². The first-order valence-electron chi connectivity index (χ1n) is 10.0. The number of ether oxygens (including phenoxy) is 3. The van der Waals surface area contributed by atoms with Crippen LogP contribution in [0.15, 0.2) is 15.5 Å². The van der Waals surface area contributed by atoms with Crippen LogP contribution in [0, 0.1) is 0 Å². The van der Waals surface area contributed by atoms with Gasteiger partial charge in [0.25, 0.3) is 5.88 Å².